The zero-order valence-electron chi connectivity index (χ0n) is 5.91. The summed E-state index contributed by atoms with van der Waals surface area (Å²) in [5.41, 5.74) is 4.25. The van der Waals surface area contributed by atoms with Crippen molar-refractivity contribution in [1.82, 2.24) is 0 Å². The van der Waals surface area contributed by atoms with Gasteiger partial charge in [-0.15, -0.1) is 0 Å². The average Bonchev–Trinajstić information content (AvgIpc) is 1.97. The smallest absolute Gasteiger partial charge is 0.340 e. The molecule has 4 nitrogen and oxygen atoms in total. The lowest BCUT2D eigenvalue weighted by Gasteiger charge is -2.02. The monoisotopic (exact) mass is 171 g/mol. The second-order valence-electron chi connectivity index (χ2n) is 2.17. The Morgan fingerprint density at radius 2 is 2.08 bits per heavy atom. The number of phenols is 1. The van der Waals surface area contributed by atoms with E-state index in [1.165, 1.54) is 0 Å². The van der Waals surface area contributed by atoms with Crippen molar-refractivity contribution in [2.24, 2.45) is 0 Å². The van der Waals surface area contributed by atoms with Crippen LogP contribution in [0.3, 0.4) is 0 Å². The molecular weight excluding hydrogens is 165 g/mol. The van der Waals surface area contributed by atoms with Crippen LogP contribution < -0.4 is 5.73 Å². The van der Waals surface area contributed by atoms with Gasteiger partial charge in [0.05, 0.1) is 0 Å². The predicted molar refractivity (Wildman–Crippen MR) is 39.4 cm³/mol. The maximum Gasteiger partial charge on any atom is 0.340 e. The summed E-state index contributed by atoms with van der Waals surface area (Å²) in [5.74, 6) is -3.43. The van der Waals surface area contributed by atoms with Gasteiger partial charge < -0.3 is 15.9 Å². The van der Waals surface area contributed by atoms with E-state index in [1.54, 1.807) is 0 Å². The average molecular weight is 171 g/mol. The van der Waals surface area contributed by atoms with E-state index in [9.17, 15) is 9.18 Å². The van der Waals surface area contributed by atoms with Gasteiger partial charge in [0.15, 0.2) is 11.6 Å². The largest absolute Gasteiger partial charge is 0.505 e. The predicted octanol–water partition coefficient (Wildman–Crippen LogP) is 0.812. The molecule has 1 rings (SSSR count). The zero-order valence-corrected chi connectivity index (χ0v) is 5.91. The first kappa shape index (κ1) is 8.32. The summed E-state index contributed by atoms with van der Waals surface area (Å²) in [6, 6.07) is 2.12. The number of carbonyl (C=O) groups is 1. The van der Waals surface area contributed by atoms with Crippen LogP contribution in [0.5, 0.6) is 5.75 Å². The molecular formula is C7H6FNO3. The summed E-state index contributed by atoms with van der Waals surface area (Å²) >= 11 is 0. The number of hydrogen-bond acceptors (Lipinski definition) is 3. The zero-order chi connectivity index (χ0) is 9.30. The molecule has 0 saturated heterocycles. The highest BCUT2D eigenvalue weighted by atomic mass is 19.1. The van der Waals surface area contributed by atoms with Crippen LogP contribution in [-0.4, -0.2) is 16.2 Å². The topological polar surface area (TPSA) is 83.5 Å². The summed E-state index contributed by atoms with van der Waals surface area (Å²) < 4.78 is 12.8. The molecule has 0 atom stereocenters. The van der Waals surface area contributed by atoms with Crippen molar-refractivity contribution in [3.8, 4) is 5.75 Å². The van der Waals surface area contributed by atoms with Crippen LogP contribution in [0, 0.1) is 5.82 Å². The van der Waals surface area contributed by atoms with Gasteiger partial charge in [-0.3, -0.25) is 0 Å². The van der Waals surface area contributed by atoms with Gasteiger partial charge in [-0.05, 0) is 12.1 Å². The third-order valence-electron chi connectivity index (χ3n) is 1.37. The Morgan fingerprint density at radius 1 is 1.50 bits per heavy atom. The maximum atomic E-state index is 12.8. The Morgan fingerprint density at radius 3 is 2.50 bits per heavy atom. The molecule has 0 heterocycles. The molecule has 1 aromatic carbocycles. The molecule has 0 aliphatic rings. The van der Waals surface area contributed by atoms with Crippen molar-refractivity contribution in [2.45, 2.75) is 0 Å². The van der Waals surface area contributed by atoms with Crippen molar-refractivity contribution in [3.05, 3.63) is 23.5 Å². The van der Waals surface area contributed by atoms with E-state index < -0.39 is 23.1 Å². The highest BCUT2D eigenvalue weighted by molar-refractivity contribution is 5.94. The third kappa shape index (κ3) is 1.16. The molecule has 0 aliphatic heterocycles. The van der Waals surface area contributed by atoms with Crippen molar-refractivity contribution in [3.63, 3.8) is 0 Å². The van der Waals surface area contributed by atoms with Crippen molar-refractivity contribution >= 4 is 11.7 Å². The first-order chi connectivity index (χ1) is 5.54. The number of carboxylic acids is 1. The molecule has 0 saturated carbocycles. The lowest BCUT2D eigenvalue weighted by atomic mass is 10.1. The molecule has 0 unspecified atom stereocenters. The minimum Gasteiger partial charge on any atom is -0.505 e. The van der Waals surface area contributed by atoms with Gasteiger partial charge in [-0.25, -0.2) is 9.18 Å². The van der Waals surface area contributed by atoms with Crippen LogP contribution >= 0.6 is 0 Å². The van der Waals surface area contributed by atoms with Gasteiger partial charge in [0, 0.05) is 5.69 Å². The van der Waals surface area contributed by atoms with E-state index in [1.807, 2.05) is 0 Å². The van der Waals surface area contributed by atoms with E-state index in [4.69, 9.17) is 15.9 Å². The van der Waals surface area contributed by atoms with E-state index in [0.717, 1.165) is 12.1 Å². The molecule has 0 fully saturated rings. The Kier molecular flexibility index (Phi) is 1.86. The number of carboxylic acid groups (broad SMARTS) is 1. The summed E-state index contributed by atoms with van der Waals surface area (Å²) in [6.45, 7) is 0. The van der Waals surface area contributed by atoms with E-state index in [-0.39, 0.29) is 5.69 Å². The summed E-state index contributed by atoms with van der Waals surface area (Å²) in [4.78, 5) is 10.4. The van der Waals surface area contributed by atoms with E-state index in [0.29, 0.717) is 0 Å². The number of benzene rings is 1. The molecule has 12 heavy (non-hydrogen) atoms. The fraction of sp³-hybridized carbons (Fsp3) is 0. The normalized spacial score (nSPS) is 9.75. The number of phenolic OH excluding ortho intramolecular Hbond substituents is 1. The van der Waals surface area contributed by atoms with Crippen molar-refractivity contribution in [1.29, 1.82) is 0 Å². The molecule has 5 heteroatoms. The number of anilines is 1. The van der Waals surface area contributed by atoms with Crippen LogP contribution in [0.25, 0.3) is 0 Å². The Labute approximate surface area is 67.1 Å². The van der Waals surface area contributed by atoms with Crippen LogP contribution in [-0.2, 0) is 0 Å². The molecule has 0 spiro atoms. The second-order valence-corrected chi connectivity index (χ2v) is 2.17. The molecule has 4 N–H and O–H groups in total. The van der Waals surface area contributed by atoms with Gasteiger partial charge >= 0.3 is 5.97 Å². The quantitative estimate of drug-likeness (QED) is 0.431. The molecule has 0 amide bonds. The van der Waals surface area contributed by atoms with Gasteiger partial charge in [0.2, 0.25) is 0 Å². The highest BCUT2D eigenvalue weighted by Crippen LogP contribution is 2.23. The first-order valence-corrected chi connectivity index (χ1v) is 3.04. The van der Waals surface area contributed by atoms with Gasteiger partial charge in [0.25, 0.3) is 0 Å². The van der Waals surface area contributed by atoms with Crippen LogP contribution in [0.1, 0.15) is 10.4 Å². The van der Waals surface area contributed by atoms with Crippen LogP contribution in [0.4, 0.5) is 10.1 Å². The van der Waals surface area contributed by atoms with Crippen LogP contribution in [0.15, 0.2) is 12.1 Å². The van der Waals surface area contributed by atoms with Crippen LogP contribution in [0.2, 0.25) is 0 Å². The number of rotatable bonds is 1. The summed E-state index contributed by atoms with van der Waals surface area (Å²) in [5, 5.41) is 17.2. The second kappa shape index (κ2) is 2.69. The SMILES string of the molecule is Nc1ccc(O)c(F)c1C(=O)O. The number of nitrogen functional groups attached to an aromatic ring is 1. The number of halogens is 1. The Hall–Kier alpha value is -1.78. The molecule has 0 radical (unpaired) electrons. The Bertz CT molecular complexity index is 338. The summed E-state index contributed by atoms with van der Waals surface area (Å²) in [7, 11) is 0. The number of aromatic carboxylic acids is 1. The van der Waals surface area contributed by atoms with E-state index in [2.05, 4.69) is 0 Å². The van der Waals surface area contributed by atoms with Crippen molar-refractivity contribution < 1.29 is 19.4 Å². The molecule has 0 bridgehead atoms. The lowest BCUT2D eigenvalue weighted by molar-refractivity contribution is 0.0692. The highest BCUT2D eigenvalue weighted by Gasteiger charge is 2.17. The fourth-order valence-corrected chi connectivity index (χ4v) is 0.797. The first-order valence-electron chi connectivity index (χ1n) is 3.04. The molecule has 1 aromatic rings. The van der Waals surface area contributed by atoms with Gasteiger partial charge in [-0.1, -0.05) is 0 Å². The minimum absolute atomic E-state index is 0.210. The molecule has 64 valence electrons. The third-order valence-corrected chi connectivity index (χ3v) is 1.37. The standard InChI is InChI=1S/C7H6FNO3/c8-6-4(10)2-1-3(9)5(6)7(11)12/h1-2,10H,9H2,(H,11,12). The summed E-state index contributed by atoms with van der Waals surface area (Å²) in [6.07, 6.45) is 0. The van der Waals surface area contributed by atoms with Crippen molar-refractivity contribution in [2.75, 3.05) is 5.73 Å². The fourth-order valence-electron chi connectivity index (χ4n) is 0.797. The Balaban J connectivity index is 3.43. The molecule has 0 aromatic heterocycles. The number of hydrogen-bond donors (Lipinski definition) is 3. The number of aromatic hydroxyl groups is 1. The lowest BCUT2D eigenvalue weighted by Crippen LogP contribution is -2.05. The van der Waals surface area contributed by atoms with E-state index >= 15 is 0 Å². The number of nitrogens with two attached hydrogens (primary N) is 1. The molecule has 0 aliphatic carbocycles. The van der Waals surface area contributed by atoms with Gasteiger partial charge in [0.1, 0.15) is 5.56 Å². The maximum absolute atomic E-state index is 12.8. The van der Waals surface area contributed by atoms with Gasteiger partial charge in [-0.2, -0.15) is 0 Å². The minimum atomic E-state index is -1.50.